The molecule has 1 N–H and O–H groups in total. The number of rotatable bonds is 5. The molecule has 0 saturated carbocycles. The van der Waals surface area contributed by atoms with Crippen molar-refractivity contribution in [1.29, 1.82) is 0 Å². The minimum Gasteiger partial charge on any atom is -0.347 e. The van der Waals surface area contributed by atoms with Gasteiger partial charge in [0, 0.05) is 6.42 Å². The van der Waals surface area contributed by atoms with Crippen molar-refractivity contribution in [2.24, 2.45) is 0 Å². The van der Waals surface area contributed by atoms with E-state index < -0.39 is 41.9 Å². The number of halogens is 6. The van der Waals surface area contributed by atoms with Gasteiger partial charge < -0.3 is 10.1 Å². The highest BCUT2D eigenvalue weighted by molar-refractivity contribution is 5.33. The van der Waals surface area contributed by atoms with Crippen molar-refractivity contribution in [1.82, 2.24) is 20.1 Å². The second-order valence-corrected chi connectivity index (χ2v) is 7.79. The first-order valence-corrected chi connectivity index (χ1v) is 10.2. The van der Waals surface area contributed by atoms with Crippen LogP contribution in [0.2, 0.25) is 0 Å². The minimum atomic E-state index is -4.93. The Morgan fingerprint density at radius 2 is 1.67 bits per heavy atom. The van der Waals surface area contributed by atoms with Crippen molar-refractivity contribution >= 4 is 0 Å². The number of ether oxygens (including phenoxy) is 1. The Kier molecular flexibility index (Phi) is 6.19. The van der Waals surface area contributed by atoms with Crippen LogP contribution in [0.5, 0.6) is 0 Å². The second-order valence-electron chi connectivity index (χ2n) is 7.79. The van der Waals surface area contributed by atoms with Crippen LogP contribution < -0.4 is 5.32 Å². The maximum Gasteiger partial charge on any atom is 0.416 e. The zero-order valence-corrected chi connectivity index (χ0v) is 17.2. The largest absolute Gasteiger partial charge is 0.416 e. The van der Waals surface area contributed by atoms with Gasteiger partial charge in [0.05, 0.1) is 23.8 Å². The SMILES string of the molecule is FC(F)(F)c1cc(CO[C@@]2(n3cncn3)CCCN[C@H]2c2ccccc2)cc(C(F)(F)F)c1. The Morgan fingerprint density at radius 1 is 1.00 bits per heavy atom. The Labute approximate surface area is 185 Å². The quantitative estimate of drug-likeness (QED) is 0.514. The maximum atomic E-state index is 13.3. The average molecular weight is 470 g/mol. The van der Waals surface area contributed by atoms with Gasteiger partial charge in [0.1, 0.15) is 12.7 Å². The van der Waals surface area contributed by atoms with Crippen molar-refractivity contribution in [3.05, 3.63) is 83.4 Å². The fourth-order valence-electron chi connectivity index (χ4n) is 4.10. The minimum absolute atomic E-state index is 0.103. The molecule has 2 atom stereocenters. The molecule has 1 aliphatic rings. The van der Waals surface area contributed by atoms with E-state index in [0.29, 0.717) is 31.5 Å². The van der Waals surface area contributed by atoms with Crippen LogP contribution in [0.15, 0.2) is 61.2 Å². The van der Waals surface area contributed by atoms with Crippen LogP contribution in [-0.4, -0.2) is 21.3 Å². The van der Waals surface area contributed by atoms with Crippen molar-refractivity contribution in [2.75, 3.05) is 6.54 Å². The lowest BCUT2D eigenvalue weighted by atomic mass is 9.88. The molecule has 3 aromatic rings. The van der Waals surface area contributed by atoms with Gasteiger partial charge in [-0.1, -0.05) is 30.3 Å². The smallest absolute Gasteiger partial charge is 0.347 e. The standard InChI is InChI=1S/C22H20F6N4O/c23-21(24,25)17-9-15(10-18(11-17)22(26,27)28)12-33-20(32-14-29-13-31-32)7-4-8-30-19(20)16-5-2-1-3-6-16/h1-3,5-6,9-11,13-14,19,30H,4,7-8,12H2/t19-,20-/m0/s1. The predicted molar refractivity (Wildman–Crippen MR) is 106 cm³/mol. The number of nitrogens with zero attached hydrogens (tertiary/aromatic N) is 3. The second kappa shape index (κ2) is 8.79. The van der Waals surface area contributed by atoms with Crippen LogP contribution in [0, 0.1) is 0 Å². The molecule has 2 aromatic carbocycles. The van der Waals surface area contributed by atoms with Gasteiger partial charge >= 0.3 is 12.4 Å². The Hall–Kier alpha value is -2.92. The summed E-state index contributed by atoms with van der Waals surface area (Å²) in [5, 5.41) is 7.54. The fourth-order valence-corrected chi connectivity index (χ4v) is 4.10. The molecule has 0 bridgehead atoms. The molecule has 1 fully saturated rings. The summed E-state index contributed by atoms with van der Waals surface area (Å²) in [6, 6.07) is 10.2. The highest BCUT2D eigenvalue weighted by Crippen LogP contribution is 2.42. The lowest BCUT2D eigenvalue weighted by Crippen LogP contribution is -2.52. The summed E-state index contributed by atoms with van der Waals surface area (Å²) in [4.78, 5) is 3.96. The molecule has 1 saturated heterocycles. The average Bonchev–Trinajstić information content (AvgIpc) is 3.33. The zero-order valence-electron chi connectivity index (χ0n) is 17.2. The van der Waals surface area contributed by atoms with Crippen molar-refractivity contribution in [3.63, 3.8) is 0 Å². The predicted octanol–water partition coefficient (Wildman–Crippen LogP) is 5.31. The van der Waals surface area contributed by atoms with E-state index in [1.807, 2.05) is 30.3 Å². The molecule has 0 aliphatic carbocycles. The van der Waals surface area contributed by atoms with E-state index >= 15 is 0 Å². The highest BCUT2D eigenvalue weighted by atomic mass is 19.4. The number of hydrogen-bond donors (Lipinski definition) is 1. The third-order valence-electron chi connectivity index (χ3n) is 5.59. The van der Waals surface area contributed by atoms with Gasteiger partial charge in [-0.2, -0.15) is 31.4 Å². The molecular formula is C22H20F6N4O. The first-order chi connectivity index (χ1) is 15.6. The molecule has 4 rings (SSSR count). The van der Waals surface area contributed by atoms with E-state index in [1.54, 1.807) is 0 Å². The Bertz CT molecular complexity index is 1040. The summed E-state index contributed by atoms with van der Waals surface area (Å²) in [6.07, 6.45) is -6.06. The molecule has 176 valence electrons. The van der Waals surface area contributed by atoms with Crippen molar-refractivity contribution < 1.29 is 31.1 Å². The van der Waals surface area contributed by atoms with Crippen molar-refractivity contribution in [3.8, 4) is 0 Å². The van der Waals surface area contributed by atoms with Crippen LogP contribution in [0.1, 0.15) is 41.1 Å². The van der Waals surface area contributed by atoms with E-state index in [2.05, 4.69) is 15.4 Å². The van der Waals surface area contributed by atoms with Crippen LogP contribution >= 0.6 is 0 Å². The van der Waals surface area contributed by atoms with Gasteiger partial charge in [0.15, 0.2) is 5.72 Å². The fraction of sp³-hybridized carbons (Fsp3) is 0.364. The summed E-state index contributed by atoms with van der Waals surface area (Å²) in [7, 11) is 0. The molecule has 0 amide bonds. The van der Waals surface area contributed by atoms with Gasteiger partial charge in [0.2, 0.25) is 0 Å². The number of nitrogens with one attached hydrogen (secondary N) is 1. The molecule has 0 spiro atoms. The van der Waals surface area contributed by atoms with Gasteiger partial charge in [0.25, 0.3) is 0 Å². The normalized spacial score (nSPS) is 21.8. The third-order valence-corrected chi connectivity index (χ3v) is 5.59. The van der Waals surface area contributed by atoms with Gasteiger partial charge in [-0.25, -0.2) is 9.67 Å². The number of piperidine rings is 1. The topological polar surface area (TPSA) is 52.0 Å². The lowest BCUT2D eigenvalue weighted by Gasteiger charge is -2.44. The van der Waals surface area contributed by atoms with E-state index in [9.17, 15) is 26.3 Å². The summed E-state index contributed by atoms with van der Waals surface area (Å²) in [5.74, 6) is 0. The Balaban J connectivity index is 1.73. The molecule has 33 heavy (non-hydrogen) atoms. The third kappa shape index (κ3) is 4.88. The first-order valence-electron chi connectivity index (χ1n) is 10.2. The number of alkyl halides is 6. The van der Waals surface area contributed by atoms with Crippen LogP contribution in [0.3, 0.4) is 0 Å². The molecule has 0 unspecified atom stereocenters. The van der Waals surface area contributed by atoms with Gasteiger partial charge in [-0.05, 0) is 42.3 Å². The lowest BCUT2D eigenvalue weighted by molar-refractivity contribution is -0.168. The summed E-state index contributed by atoms with van der Waals surface area (Å²) >= 11 is 0. The molecule has 0 radical (unpaired) electrons. The monoisotopic (exact) mass is 470 g/mol. The van der Waals surface area contributed by atoms with Crippen LogP contribution in [-0.2, 0) is 29.4 Å². The van der Waals surface area contributed by atoms with Gasteiger partial charge in [-0.15, -0.1) is 0 Å². The molecule has 11 heteroatoms. The zero-order chi connectivity index (χ0) is 23.7. The molecule has 2 heterocycles. The number of hydrogen-bond acceptors (Lipinski definition) is 4. The summed E-state index contributed by atoms with van der Waals surface area (Å²) in [5.41, 5.74) is -3.37. The number of benzene rings is 2. The number of aromatic nitrogens is 3. The van der Waals surface area contributed by atoms with Crippen molar-refractivity contribution in [2.45, 2.75) is 43.6 Å². The van der Waals surface area contributed by atoms with Gasteiger partial charge in [-0.3, -0.25) is 0 Å². The van der Waals surface area contributed by atoms with Crippen LogP contribution in [0.25, 0.3) is 0 Å². The van der Waals surface area contributed by atoms with E-state index in [0.717, 1.165) is 5.56 Å². The van der Waals surface area contributed by atoms with Crippen LogP contribution in [0.4, 0.5) is 26.3 Å². The van der Waals surface area contributed by atoms with E-state index in [1.165, 1.54) is 17.3 Å². The molecular weight excluding hydrogens is 450 g/mol. The maximum absolute atomic E-state index is 13.3. The molecule has 1 aromatic heterocycles. The summed E-state index contributed by atoms with van der Waals surface area (Å²) in [6.45, 7) is 0.166. The first kappa shape index (κ1) is 23.2. The molecule has 1 aliphatic heterocycles. The molecule has 5 nitrogen and oxygen atoms in total. The Morgan fingerprint density at radius 3 is 2.24 bits per heavy atom. The highest BCUT2D eigenvalue weighted by Gasteiger charge is 2.46. The summed E-state index contributed by atoms with van der Waals surface area (Å²) < 4.78 is 87.3. The van der Waals surface area contributed by atoms with E-state index in [-0.39, 0.29) is 11.6 Å². The van der Waals surface area contributed by atoms with E-state index in [4.69, 9.17) is 4.74 Å².